The van der Waals surface area contributed by atoms with Crippen molar-refractivity contribution in [1.82, 2.24) is 29.5 Å². The van der Waals surface area contributed by atoms with Gasteiger partial charge >= 0.3 is 0 Å². The van der Waals surface area contributed by atoms with Gasteiger partial charge in [-0.15, -0.1) is 5.10 Å². The van der Waals surface area contributed by atoms with E-state index in [-0.39, 0.29) is 0 Å². The molecule has 4 heterocycles. The Bertz CT molecular complexity index is 1110. The van der Waals surface area contributed by atoms with Crippen LogP contribution in [0.3, 0.4) is 0 Å². The van der Waals surface area contributed by atoms with Crippen LogP contribution in [0.4, 0.5) is 0 Å². The predicted octanol–water partition coefficient (Wildman–Crippen LogP) is 3.78. The van der Waals surface area contributed by atoms with Crippen LogP contribution in [-0.4, -0.2) is 36.1 Å². The first-order valence-electron chi connectivity index (χ1n) is 9.82. The number of hydrogen-bond acceptors (Lipinski definition) is 4. The molecule has 5 rings (SSSR count). The second kappa shape index (κ2) is 6.87. The van der Waals surface area contributed by atoms with Gasteiger partial charge < -0.3 is 0 Å². The fourth-order valence-corrected chi connectivity index (χ4v) is 4.21. The molecule has 1 aromatic carbocycles. The average molecular weight is 372 g/mol. The Morgan fingerprint density at radius 2 is 1.93 bits per heavy atom. The molecule has 0 bridgehead atoms. The average Bonchev–Trinajstić information content (AvgIpc) is 3.42. The summed E-state index contributed by atoms with van der Waals surface area (Å²) in [6.07, 6.45) is 6.18. The molecule has 4 aromatic rings. The van der Waals surface area contributed by atoms with Gasteiger partial charge in [-0.05, 0) is 50.1 Å². The molecule has 1 atom stereocenters. The third kappa shape index (κ3) is 2.99. The number of aromatic nitrogens is 5. The van der Waals surface area contributed by atoms with Crippen molar-refractivity contribution in [2.75, 3.05) is 6.54 Å². The molecule has 0 radical (unpaired) electrons. The van der Waals surface area contributed by atoms with Crippen LogP contribution in [0.15, 0.2) is 54.9 Å². The van der Waals surface area contributed by atoms with Crippen molar-refractivity contribution in [1.29, 1.82) is 0 Å². The molecule has 28 heavy (non-hydrogen) atoms. The highest BCUT2D eigenvalue weighted by Crippen LogP contribution is 2.34. The molecule has 0 N–H and O–H groups in total. The SMILES string of the molecule is Cc1ccc(CN2CCCC2c2nnn3cc(-c4ccnn4C)ccc23)cc1. The van der Waals surface area contributed by atoms with Crippen LogP contribution in [0, 0.1) is 6.92 Å². The standard InChI is InChI=1S/C22H24N6/c1-16-5-7-17(8-6-16)14-27-13-3-4-20(27)22-21-10-9-18(15-28(21)25-24-22)19-11-12-23-26(19)2/h5-12,15,20H,3-4,13-14H2,1-2H3. The van der Waals surface area contributed by atoms with Gasteiger partial charge in [0, 0.05) is 31.5 Å². The van der Waals surface area contributed by atoms with Crippen molar-refractivity contribution in [3.8, 4) is 11.3 Å². The molecule has 1 aliphatic rings. The number of rotatable bonds is 4. The summed E-state index contributed by atoms with van der Waals surface area (Å²) in [7, 11) is 1.95. The highest BCUT2D eigenvalue weighted by Gasteiger charge is 2.29. The smallest absolute Gasteiger partial charge is 0.108 e. The lowest BCUT2D eigenvalue weighted by atomic mass is 10.1. The lowest BCUT2D eigenvalue weighted by Crippen LogP contribution is -2.23. The van der Waals surface area contributed by atoms with Crippen LogP contribution in [-0.2, 0) is 13.6 Å². The van der Waals surface area contributed by atoms with Gasteiger partial charge in [0.2, 0.25) is 0 Å². The largest absolute Gasteiger partial charge is 0.290 e. The van der Waals surface area contributed by atoms with Gasteiger partial charge in [-0.3, -0.25) is 9.58 Å². The van der Waals surface area contributed by atoms with Crippen molar-refractivity contribution in [3.63, 3.8) is 0 Å². The Hall–Kier alpha value is -2.99. The Balaban J connectivity index is 1.45. The van der Waals surface area contributed by atoms with E-state index in [1.54, 1.807) is 0 Å². The Kier molecular flexibility index (Phi) is 4.20. The van der Waals surface area contributed by atoms with Gasteiger partial charge in [-0.2, -0.15) is 5.10 Å². The predicted molar refractivity (Wildman–Crippen MR) is 109 cm³/mol. The molecule has 0 spiro atoms. The van der Waals surface area contributed by atoms with E-state index in [1.165, 1.54) is 17.5 Å². The molecule has 6 heteroatoms. The normalized spacial score (nSPS) is 17.6. The van der Waals surface area contributed by atoms with Crippen molar-refractivity contribution in [2.24, 2.45) is 7.05 Å². The first kappa shape index (κ1) is 17.1. The minimum Gasteiger partial charge on any atom is -0.290 e. The molecule has 1 saturated heterocycles. The minimum atomic E-state index is 0.321. The number of benzene rings is 1. The van der Waals surface area contributed by atoms with Crippen molar-refractivity contribution in [2.45, 2.75) is 32.4 Å². The maximum Gasteiger partial charge on any atom is 0.108 e. The van der Waals surface area contributed by atoms with Crippen molar-refractivity contribution >= 4 is 5.52 Å². The highest BCUT2D eigenvalue weighted by atomic mass is 15.4. The van der Waals surface area contributed by atoms with Gasteiger partial charge in [0.05, 0.1) is 17.3 Å². The number of aryl methyl sites for hydroxylation is 2. The van der Waals surface area contributed by atoms with Gasteiger partial charge in [0.15, 0.2) is 0 Å². The quantitative estimate of drug-likeness (QED) is 0.547. The number of nitrogens with zero attached hydrogens (tertiary/aromatic N) is 6. The summed E-state index contributed by atoms with van der Waals surface area (Å²) < 4.78 is 3.78. The van der Waals surface area contributed by atoms with E-state index in [1.807, 2.05) is 34.7 Å². The van der Waals surface area contributed by atoms with Gasteiger partial charge in [-0.1, -0.05) is 35.0 Å². The van der Waals surface area contributed by atoms with Crippen LogP contribution < -0.4 is 0 Å². The summed E-state index contributed by atoms with van der Waals surface area (Å²) in [6, 6.07) is 15.4. The van der Waals surface area contributed by atoms with Crippen LogP contribution in [0.5, 0.6) is 0 Å². The maximum absolute atomic E-state index is 4.58. The maximum atomic E-state index is 4.58. The summed E-state index contributed by atoms with van der Waals surface area (Å²) in [4.78, 5) is 2.53. The third-order valence-electron chi connectivity index (χ3n) is 5.74. The second-order valence-electron chi connectivity index (χ2n) is 7.68. The zero-order valence-electron chi connectivity index (χ0n) is 16.3. The molecule has 142 valence electrons. The molecule has 1 unspecified atom stereocenters. The van der Waals surface area contributed by atoms with E-state index in [0.717, 1.165) is 42.0 Å². The van der Waals surface area contributed by atoms with Crippen LogP contribution in [0.25, 0.3) is 16.8 Å². The molecule has 3 aromatic heterocycles. The summed E-state index contributed by atoms with van der Waals surface area (Å²) in [6.45, 7) is 4.19. The molecule has 0 amide bonds. The van der Waals surface area contributed by atoms with E-state index in [9.17, 15) is 0 Å². The lowest BCUT2D eigenvalue weighted by Gasteiger charge is -2.23. The Morgan fingerprint density at radius 1 is 1.07 bits per heavy atom. The Labute approximate surface area is 164 Å². The topological polar surface area (TPSA) is 51.3 Å². The number of hydrogen-bond donors (Lipinski definition) is 0. The molecule has 6 nitrogen and oxygen atoms in total. The summed E-state index contributed by atoms with van der Waals surface area (Å²) in [5.41, 5.74) is 6.99. The summed E-state index contributed by atoms with van der Waals surface area (Å²) in [5.74, 6) is 0. The molecule has 1 aliphatic heterocycles. The zero-order chi connectivity index (χ0) is 19.1. The molecule has 0 saturated carbocycles. The van der Waals surface area contributed by atoms with Crippen LogP contribution in [0.1, 0.15) is 35.7 Å². The monoisotopic (exact) mass is 372 g/mol. The number of fused-ring (bicyclic) bond motifs is 1. The van der Waals surface area contributed by atoms with Crippen molar-refractivity contribution < 1.29 is 0 Å². The fraction of sp³-hybridized carbons (Fsp3) is 0.318. The van der Waals surface area contributed by atoms with Crippen LogP contribution in [0.2, 0.25) is 0 Å². The van der Waals surface area contributed by atoms with E-state index in [4.69, 9.17) is 0 Å². The number of pyridine rings is 1. The zero-order valence-corrected chi connectivity index (χ0v) is 16.3. The van der Waals surface area contributed by atoms with E-state index in [0.29, 0.717) is 6.04 Å². The third-order valence-corrected chi connectivity index (χ3v) is 5.74. The van der Waals surface area contributed by atoms with Gasteiger partial charge in [0.25, 0.3) is 0 Å². The summed E-state index contributed by atoms with van der Waals surface area (Å²) >= 11 is 0. The van der Waals surface area contributed by atoms with Gasteiger partial charge in [-0.25, -0.2) is 4.52 Å². The first-order valence-corrected chi connectivity index (χ1v) is 9.82. The molecule has 1 fully saturated rings. The molecular formula is C22H24N6. The van der Waals surface area contributed by atoms with E-state index < -0.39 is 0 Å². The van der Waals surface area contributed by atoms with Crippen LogP contribution >= 0.6 is 0 Å². The van der Waals surface area contributed by atoms with Gasteiger partial charge in [0.1, 0.15) is 5.69 Å². The fourth-order valence-electron chi connectivity index (χ4n) is 4.21. The summed E-state index contributed by atoms with van der Waals surface area (Å²) in [5, 5.41) is 13.3. The van der Waals surface area contributed by atoms with Crippen molar-refractivity contribution in [3.05, 3.63) is 71.7 Å². The number of likely N-dealkylation sites (tertiary alicyclic amines) is 1. The highest BCUT2D eigenvalue weighted by molar-refractivity contribution is 5.63. The second-order valence-corrected chi connectivity index (χ2v) is 7.68. The van der Waals surface area contributed by atoms with E-state index >= 15 is 0 Å². The Morgan fingerprint density at radius 3 is 2.71 bits per heavy atom. The minimum absolute atomic E-state index is 0.321. The van der Waals surface area contributed by atoms with E-state index in [2.05, 4.69) is 63.6 Å². The first-order chi connectivity index (χ1) is 13.7. The lowest BCUT2D eigenvalue weighted by molar-refractivity contribution is 0.245. The molecule has 0 aliphatic carbocycles. The molecular weight excluding hydrogens is 348 g/mol.